The average Bonchev–Trinajstić information content (AvgIpc) is 2.16. The van der Waals surface area contributed by atoms with Crippen LogP contribution < -0.4 is 5.73 Å². The molecule has 0 fully saturated rings. The monoisotopic (exact) mass is 244 g/mol. The number of halogens is 1. The molecule has 1 rings (SSSR count). The first-order valence-corrected chi connectivity index (χ1v) is 4.71. The molecule has 0 bridgehead atoms. The predicted octanol–water partition coefficient (Wildman–Crippen LogP) is 1.20. The normalized spacial score (nSPS) is 12.1. The van der Waals surface area contributed by atoms with E-state index in [9.17, 15) is 14.9 Å². The molecule has 0 aliphatic rings. The maximum Gasteiger partial charge on any atom is 0.320 e. The van der Waals surface area contributed by atoms with Gasteiger partial charge in [-0.25, -0.2) is 0 Å². The van der Waals surface area contributed by atoms with Crippen molar-refractivity contribution in [2.45, 2.75) is 12.5 Å². The minimum atomic E-state index is -1.21. The Balaban J connectivity index is 3.09. The standard InChI is InChI=1S/C9H9ClN2O4/c10-6-3-1-2-5(8(6)12(15)16)4-7(11)9(13)14/h1-3,7H,4,11H2,(H,13,14). The summed E-state index contributed by atoms with van der Waals surface area (Å²) in [5.41, 5.74) is 5.23. The lowest BCUT2D eigenvalue weighted by molar-refractivity contribution is -0.385. The number of benzene rings is 1. The van der Waals surface area contributed by atoms with Crippen LogP contribution >= 0.6 is 11.6 Å². The molecule has 1 atom stereocenters. The topological polar surface area (TPSA) is 106 Å². The van der Waals surface area contributed by atoms with Gasteiger partial charge in [0.1, 0.15) is 11.1 Å². The number of nitro groups is 1. The van der Waals surface area contributed by atoms with E-state index >= 15 is 0 Å². The molecule has 0 saturated heterocycles. The van der Waals surface area contributed by atoms with Gasteiger partial charge in [0.05, 0.1) is 4.92 Å². The van der Waals surface area contributed by atoms with E-state index in [1.807, 2.05) is 0 Å². The highest BCUT2D eigenvalue weighted by Crippen LogP contribution is 2.28. The number of carboxylic acid groups (broad SMARTS) is 1. The van der Waals surface area contributed by atoms with E-state index in [1.165, 1.54) is 18.2 Å². The van der Waals surface area contributed by atoms with Crippen LogP contribution in [-0.2, 0) is 11.2 Å². The summed E-state index contributed by atoms with van der Waals surface area (Å²) in [6.45, 7) is 0. The summed E-state index contributed by atoms with van der Waals surface area (Å²) < 4.78 is 0. The zero-order chi connectivity index (χ0) is 12.3. The summed E-state index contributed by atoms with van der Waals surface area (Å²) in [6, 6.07) is 3.14. The summed E-state index contributed by atoms with van der Waals surface area (Å²) in [4.78, 5) is 20.6. The van der Waals surface area contributed by atoms with Gasteiger partial charge in [-0.1, -0.05) is 23.7 Å². The molecule has 1 aromatic carbocycles. The Morgan fingerprint density at radius 1 is 1.62 bits per heavy atom. The first kappa shape index (κ1) is 12.4. The van der Waals surface area contributed by atoms with E-state index < -0.39 is 16.9 Å². The zero-order valence-electron chi connectivity index (χ0n) is 8.09. The Hall–Kier alpha value is -1.66. The van der Waals surface area contributed by atoms with Crippen molar-refractivity contribution in [1.82, 2.24) is 0 Å². The lowest BCUT2D eigenvalue weighted by Gasteiger charge is -2.07. The lowest BCUT2D eigenvalue weighted by atomic mass is 10.0. The molecule has 16 heavy (non-hydrogen) atoms. The van der Waals surface area contributed by atoms with Crippen LogP contribution in [0.1, 0.15) is 5.56 Å². The van der Waals surface area contributed by atoms with Crippen molar-refractivity contribution in [3.63, 3.8) is 0 Å². The number of hydrogen-bond donors (Lipinski definition) is 2. The SMILES string of the molecule is NC(Cc1cccc(Cl)c1[N+](=O)[O-])C(=O)O. The van der Waals surface area contributed by atoms with Crippen LogP contribution in [-0.4, -0.2) is 22.0 Å². The molecular weight excluding hydrogens is 236 g/mol. The molecule has 0 aliphatic carbocycles. The lowest BCUT2D eigenvalue weighted by Crippen LogP contribution is -2.32. The quantitative estimate of drug-likeness (QED) is 0.611. The van der Waals surface area contributed by atoms with Crippen molar-refractivity contribution in [2.24, 2.45) is 5.73 Å². The fraction of sp³-hybridized carbons (Fsp3) is 0.222. The van der Waals surface area contributed by atoms with Gasteiger partial charge in [-0.05, 0) is 6.07 Å². The molecule has 0 radical (unpaired) electrons. The third kappa shape index (κ3) is 2.68. The smallest absolute Gasteiger partial charge is 0.320 e. The van der Waals surface area contributed by atoms with E-state index in [-0.39, 0.29) is 22.7 Å². The fourth-order valence-corrected chi connectivity index (χ4v) is 1.52. The van der Waals surface area contributed by atoms with Crippen LogP contribution in [0.2, 0.25) is 5.02 Å². The first-order valence-electron chi connectivity index (χ1n) is 4.33. The highest BCUT2D eigenvalue weighted by molar-refractivity contribution is 6.32. The number of para-hydroxylation sites is 1. The summed E-state index contributed by atoms with van der Waals surface area (Å²) in [5, 5.41) is 19.3. The van der Waals surface area contributed by atoms with Gasteiger partial charge < -0.3 is 10.8 Å². The second kappa shape index (κ2) is 4.91. The third-order valence-electron chi connectivity index (χ3n) is 2.01. The van der Waals surface area contributed by atoms with Gasteiger partial charge >= 0.3 is 5.97 Å². The number of nitro benzene ring substituents is 1. The zero-order valence-corrected chi connectivity index (χ0v) is 8.85. The van der Waals surface area contributed by atoms with Crippen LogP contribution in [0.4, 0.5) is 5.69 Å². The van der Waals surface area contributed by atoms with E-state index in [1.54, 1.807) is 0 Å². The molecule has 1 unspecified atom stereocenters. The van der Waals surface area contributed by atoms with Gasteiger partial charge in [-0.15, -0.1) is 0 Å². The maximum absolute atomic E-state index is 10.7. The summed E-state index contributed by atoms with van der Waals surface area (Å²) in [7, 11) is 0. The van der Waals surface area contributed by atoms with Gasteiger partial charge in [0, 0.05) is 12.0 Å². The van der Waals surface area contributed by atoms with Crippen molar-refractivity contribution < 1.29 is 14.8 Å². The van der Waals surface area contributed by atoms with Gasteiger partial charge in [0.15, 0.2) is 0 Å². The minimum absolute atomic E-state index is 0.0277. The van der Waals surface area contributed by atoms with Crippen LogP contribution in [0.3, 0.4) is 0 Å². The third-order valence-corrected chi connectivity index (χ3v) is 2.31. The van der Waals surface area contributed by atoms with E-state index in [2.05, 4.69) is 0 Å². The predicted molar refractivity (Wildman–Crippen MR) is 57.4 cm³/mol. The van der Waals surface area contributed by atoms with Crippen molar-refractivity contribution in [3.8, 4) is 0 Å². The maximum atomic E-state index is 10.7. The molecule has 0 saturated carbocycles. The second-order valence-electron chi connectivity index (χ2n) is 3.15. The Kier molecular flexibility index (Phi) is 3.81. The molecule has 0 aliphatic heterocycles. The molecule has 0 aromatic heterocycles. The summed E-state index contributed by atoms with van der Waals surface area (Å²) >= 11 is 5.66. The Morgan fingerprint density at radius 2 is 2.25 bits per heavy atom. The highest BCUT2D eigenvalue weighted by Gasteiger charge is 2.22. The number of hydrogen-bond acceptors (Lipinski definition) is 4. The van der Waals surface area contributed by atoms with Crippen LogP contribution in [0.25, 0.3) is 0 Å². The number of rotatable bonds is 4. The number of nitrogens with two attached hydrogens (primary N) is 1. The molecule has 6 nitrogen and oxygen atoms in total. The van der Waals surface area contributed by atoms with E-state index in [0.29, 0.717) is 0 Å². The molecule has 0 amide bonds. The molecular formula is C9H9ClN2O4. The van der Waals surface area contributed by atoms with Gasteiger partial charge in [0.25, 0.3) is 5.69 Å². The second-order valence-corrected chi connectivity index (χ2v) is 3.56. The van der Waals surface area contributed by atoms with Gasteiger partial charge in [-0.3, -0.25) is 14.9 Å². The summed E-state index contributed by atoms with van der Waals surface area (Å²) in [5.74, 6) is -1.21. The van der Waals surface area contributed by atoms with E-state index in [4.69, 9.17) is 22.4 Å². The number of carboxylic acids is 1. The Bertz CT molecular complexity index is 436. The van der Waals surface area contributed by atoms with Crippen molar-refractivity contribution in [3.05, 3.63) is 38.9 Å². The van der Waals surface area contributed by atoms with Crippen LogP contribution in [0.5, 0.6) is 0 Å². The minimum Gasteiger partial charge on any atom is -0.480 e. The number of nitrogens with zero attached hydrogens (tertiary/aromatic N) is 1. The van der Waals surface area contributed by atoms with E-state index in [0.717, 1.165) is 0 Å². The molecule has 0 spiro atoms. The van der Waals surface area contributed by atoms with Crippen molar-refractivity contribution in [1.29, 1.82) is 0 Å². The fourth-order valence-electron chi connectivity index (χ4n) is 1.25. The number of aliphatic carboxylic acids is 1. The van der Waals surface area contributed by atoms with Crippen LogP contribution in [0, 0.1) is 10.1 Å². The Morgan fingerprint density at radius 3 is 2.75 bits per heavy atom. The van der Waals surface area contributed by atoms with Gasteiger partial charge in [-0.2, -0.15) is 0 Å². The van der Waals surface area contributed by atoms with Crippen LogP contribution in [0.15, 0.2) is 18.2 Å². The van der Waals surface area contributed by atoms with Crippen molar-refractivity contribution in [2.75, 3.05) is 0 Å². The summed E-state index contributed by atoms with van der Waals surface area (Å²) in [6.07, 6.45) is -0.133. The largest absolute Gasteiger partial charge is 0.480 e. The molecule has 86 valence electrons. The first-order chi connectivity index (χ1) is 7.43. The molecule has 3 N–H and O–H groups in total. The number of carbonyl (C=O) groups is 1. The average molecular weight is 245 g/mol. The molecule has 0 heterocycles. The highest BCUT2D eigenvalue weighted by atomic mass is 35.5. The molecule has 7 heteroatoms. The molecule has 1 aromatic rings. The van der Waals surface area contributed by atoms with Crippen molar-refractivity contribution >= 4 is 23.3 Å². The van der Waals surface area contributed by atoms with Gasteiger partial charge in [0.2, 0.25) is 0 Å². The Labute approximate surface area is 95.8 Å².